The summed E-state index contributed by atoms with van der Waals surface area (Å²) in [4.78, 5) is 11.4. The number of hydrogen-bond donors (Lipinski definition) is 0. The van der Waals surface area contributed by atoms with Crippen molar-refractivity contribution >= 4 is 28.6 Å². The van der Waals surface area contributed by atoms with Crippen LogP contribution in [0.3, 0.4) is 0 Å². The van der Waals surface area contributed by atoms with E-state index in [1.165, 1.54) is 43.0 Å². The van der Waals surface area contributed by atoms with Crippen molar-refractivity contribution in [2.45, 2.75) is 84.2 Å². The summed E-state index contributed by atoms with van der Waals surface area (Å²) in [6.07, 6.45) is 10.7. The van der Waals surface area contributed by atoms with Gasteiger partial charge in [0, 0.05) is 6.42 Å². The lowest BCUT2D eigenvalue weighted by molar-refractivity contribution is -0.154. The molecule has 0 bridgehead atoms. The molecule has 2 nitrogen and oxygen atoms in total. The van der Waals surface area contributed by atoms with Gasteiger partial charge >= 0.3 is 5.97 Å². The molecule has 0 amide bonds. The van der Waals surface area contributed by atoms with E-state index in [9.17, 15) is 4.79 Å². The maximum atomic E-state index is 11.4. The van der Waals surface area contributed by atoms with Crippen LogP contribution >= 0.6 is 22.6 Å². The third-order valence-electron chi connectivity index (χ3n) is 2.68. The summed E-state index contributed by atoms with van der Waals surface area (Å²) in [7, 11) is 0. The van der Waals surface area contributed by atoms with Gasteiger partial charge in [0.25, 0.3) is 0 Å². The van der Waals surface area contributed by atoms with Gasteiger partial charge in [-0.15, -0.1) is 0 Å². The summed E-state index contributed by atoms with van der Waals surface area (Å²) in [6.45, 7) is 5.75. The Morgan fingerprint density at radius 2 is 1.33 bits per heavy atom. The standard InChI is InChI=1S/C15H29IO2/c1-15(2,3)18-14(17)12-10-8-6-4-5-7-9-11-13-16/h4-13H2,1-3H3. The molecular formula is C15H29IO2. The average Bonchev–Trinajstić information content (AvgIpc) is 2.24. The normalized spacial score (nSPS) is 11.6. The zero-order chi connectivity index (χ0) is 13.9. The van der Waals surface area contributed by atoms with Crippen LogP contribution in [0.4, 0.5) is 0 Å². The molecule has 0 saturated carbocycles. The number of esters is 1. The Hall–Kier alpha value is 0.200. The van der Waals surface area contributed by atoms with Crippen molar-refractivity contribution in [2.24, 2.45) is 0 Å². The molecule has 0 aromatic carbocycles. The van der Waals surface area contributed by atoms with Gasteiger partial charge in [-0.1, -0.05) is 61.1 Å². The lowest BCUT2D eigenvalue weighted by atomic mass is 10.1. The number of hydrogen-bond acceptors (Lipinski definition) is 2. The highest BCUT2D eigenvalue weighted by atomic mass is 127. The lowest BCUT2D eigenvalue weighted by Crippen LogP contribution is -2.23. The minimum atomic E-state index is -0.338. The molecule has 0 aromatic rings. The lowest BCUT2D eigenvalue weighted by Gasteiger charge is -2.19. The highest BCUT2D eigenvalue weighted by molar-refractivity contribution is 14.1. The van der Waals surface area contributed by atoms with Crippen molar-refractivity contribution in [3.63, 3.8) is 0 Å². The molecule has 108 valence electrons. The third kappa shape index (κ3) is 14.3. The monoisotopic (exact) mass is 368 g/mol. The topological polar surface area (TPSA) is 26.3 Å². The van der Waals surface area contributed by atoms with E-state index in [2.05, 4.69) is 22.6 Å². The van der Waals surface area contributed by atoms with Gasteiger partial charge in [0.1, 0.15) is 5.60 Å². The van der Waals surface area contributed by atoms with Gasteiger partial charge < -0.3 is 4.74 Å². The molecule has 0 atom stereocenters. The zero-order valence-electron chi connectivity index (χ0n) is 12.3. The Kier molecular flexibility index (Phi) is 11.2. The molecule has 0 radical (unpaired) electrons. The van der Waals surface area contributed by atoms with Gasteiger partial charge in [-0.25, -0.2) is 0 Å². The van der Waals surface area contributed by atoms with Crippen molar-refractivity contribution in [1.82, 2.24) is 0 Å². The Balaban J connectivity index is 3.23. The van der Waals surface area contributed by atoms with Crippen molar-refractivity contribution < 1.29 is 9.53 Å². The Morgan fingerprint density at radius 1 is 0.889 bits per heavy atom. The van der Waals surface area contributed by atoms with Crippen LogP contribution in [0, 0.1) is 0 Å². The number of carbonyl (C=O) groups is 1. The van der Waals surface area contributed by atoms with Gasteiger partial charge in [0.05, 0.1) is 0 Å². The molecule has 0 rings (SSSR count). The van der Waals surface area contributed by atoms with Crippen molar-refractivity contribution in [1.29, 1.82) is 0 Å². The van der Waals surface area contributed by atoms with Gasteiger partial charge in [0.2, 0.25) is 0 Å². The number of halogens is 1. The van der Waals surface area contributed by atoms with Crippen LogP contribution in [-0.2, 0) is 9.53 Å². The van der Waals surface area contributed by atoms with Crippen molar-refractivity contribution in [3.8, 4) is 0 Å². The highest BCUT2D eigenvalue weighted by Crippen LogP contribution is 2.13. The number of carbonyl (C=O) groups excluding carboxylic acids is 1. The first-order valence-corrected chi connectivity index (χ1v) is 8.76. The maximum absolute atomic E-state index is 11.4. The molecule has 18 heavy (non-hydrogen) atoms. The minimum Gasteiger partial charge on any atom is -0.460 e. The predicted octanol–water partition coefficient (Wildman–Crippen LogP) is 5.27. The third-order valence-corrected chi connectivity index (χ3v) is 3.45. The summed E-state index contributed by atoms with van der Waals surface area (Å²) >= 11 is 2.44. The summed E-state index contributed by atoms with van der Waals surface area (Å²) in [5, 5.41) is 0. The van der Waals surface area contributed by atoms with Crippen LogP contribution in [0.2, 0.25) is 0 Å². The summed E-state index contributed by atoms with van der Waals surface area (Å²) in [5.41, 5.74) is -0.338. The molecule has 0 aromatic heterocycles. The fraction of sp³-hybridized carbons (Fsp3) is 0.933. The van der Waals surface area contributed by atoms with E-state index in [1.807, 2.05) is 20.8 Å². The SMILES string of the molecule is CC(C)(C)OC(=O)CCCCCCCCCCI. The van der Waals surface area contributed by atoms with E-state index < -0.39 is 0 Å². The molecular weight excluding hydrogens is 339 g/mol. The molecule has 0 spiro atoms. The van der Waals surface area contributed by atoms with E-state index >= 15 is 0 Å². The smallest absolute Gasteiger partial charge is 0.306 e. The number of rotatable bonds is 10. The van der Waals surface area contributed by atoms with Crippen LogP contribution in [0.1, 0.15) is 78.6 Å². The van der Waals surface area contributed by atoms with Crippen molar-refractivity contribution in [2.75, 3.05) is 4.43 Å². The fourth-order valence-corrected chi connectivity index (χ4v) is 2.36. The molecule has 0 aliphatic heterocycles. The minimum absolute atomic E-state index is 0.0513. The van der Waals surface area contributed by atoms with Gasteiger partial charge in [-0.2, -0.15) is 0 Å². The summed E-state index contributed by atoms with van der Waals surface area (Å²) in [6, 6.07) is 0. The van der Waals surface area contributed by atoms with Crippen LogP contribution in [0.5, 0.6) is 0 Å². The molecule has 0 heterocycles. The number of alkyl halides is 1. The summed E-state index contributed by atoms with van der Waals surface area (Å²) in [5.74, 6) is -0.0513. The maximum Gasteiger partial charge on any atom is 0.306 e. The number of unbranched alkanes of at least 4 members (excludes halogenated alkanes) is 7. The van der Waals surface area contributed by atoms with Gasteiger partial charge in [-0.05, 0) is 38.0 Å². The molecule has 0 aliphatic rings. The Bertz CT molecular complexity index is 209. The van der Waals surface area contributed by atoms with E-state index in [4.69, 9.17) is 4.74 Å². The van der Waals surface area contributed by atoms with Crippen molar-refractivity contribution in [3.05, 3.63) is 0 Å². The molecule has 3 heteroatoms. The molecule has 0 fully saturated rings. The van der Waals surface area contributed by atoms with Gasteiger partial charge in [0.15, 0.2) is 0 Å². The van der Waals surface area contributed by atoms with Crippen LogP contribution in [0.25, 0.3) is 0 Å². The average molecular weight is 368 g/mol. The second-order valence-electron chi connectivity index (χ2n) is 5.85. The van der Waals surface area contributed by atoms with E-state index in [0.717, 1.165) is 12.8 Å². The zero-order valence-corrected chi connectivity index (χ0v) is 14.4. The van der Waals surface area contributed by atoms with E-state index in [1.54, 1.807) is 0 Å². The van der Waals surface area contributed by atoms with E-state index in [0.29, 0.717) is 6.42 Å². The molecule has 0 N–H and O–H groups in total. The second-order valence-corrected chi connectivity index (χ2v) is 6.93. The first-order valence-electron chi connectivity index (χ1n) is 7.23. The molecule has 0 saturated heterocycles. The fourth-order valence-electron chi connectivity index (χ4n) is 1.82. The largest absolute Gasteiger partial charge is 0.460 e. The Labute approximate surface area is 126 Å². The first-order chi connectivity index (χ1) is 8.45. The second kappa shape index (κ2) is 11.1. The van der Waals surface area contributed by atoms with Gasteiger partial charge in [-0.3, -0.25) is 4.79 Å². The number of ether oxygens (including phenoxy) is 1. The molecule has 0 aliphatic carbocycles. The Morgan fingerprint density at radius 3 is 1.78 bits per heavy atom. The van der Waals surface area contributed by atoms with Crippen LogP contribution < -0.4 is 0 Å². The predicted molar refractivity (Wildman–Crippen MR) is 86.3 cm³/mol. The van der Waals surface area contributed by atoms with E-state index in [-0.39, 0.29) is 11.6 Å². The quantitative estimate of drug-likeness (QED) is 0.227. The summed E-state index contributed by atoms with van der Waals surface area (Å²) < 4.78 is 6.56. The molecule has 0 unspecified atom stereocenters. The van der Waals surface area contributed by atoms with Crippen LogP contribution in [0.15, 0.2) is 0 Å². The highest BCUT2D eigenvalue weighted by Gasteiger charge is 2.15. The first kappa shape index (κ1) is 18.2. The van der Waals surface area contributed by atoms with Crippen LogP contribution in [-0.4, -0.2) is 16.0 Å².